The number of carbonyl (C=O) groups is 2. The number of carbonyl (C=O) groups excluding carboxylic acids is 2. The molecule has 0 bridgehead atoms. The van der Waals surface area contributed by atoms with Crippen molar-refractivity contribution in [1.82, 2.24) is 10.2 Å². The second-order valence-corrected chi connectivity index (χ2v) is 4.39. The minimum absolute atomic E-state index is 0.0670. The normalized spacial score (nSPS) is 9.79. The van der Waals surface area contributed by atoms with E-state index in [4.69, 9.17) is 0 Å². The summed E-state index contributed by atoms with van der Waals surface area (Å²) >= 11 is 0. The van der Waals surface area contributed by atoms with Gasteiger partial charge in [-0.1, -0.05) is 30.3 Å². The van der Waals surface area contributed by atoms with E-state index >= 15 is 0 Å². The van der Waals surface area contributed by atoms with E-state index in [1.807, 2.05) is 31.2 Å². The first-order chi connectivity index (χ1) is 9.04. The van der Waals surface area contributed by atoms with Gasteiger partial charge < -0.3 is 10.2 Å². The molecule has 0 aliphatic rings. The predicted octanol–water partition coefficient (Wildman–Crippen LogP) is 1.65. The zero-order chi connectivity index (χ0) is 14.3. The Morgan fingerprint density at radius 2 is 2.05 bits per heavy atom. The Kier molecular flexibility index (Phi) is 5.79. The molecule has 1 N–H and O–H groups in total. The van der Waals surface area contributed by atoms with Crippen molar-refractivity contribution >= 4 is 11.8 Å². The fourth-order valence-electron chi connectivity index (χ4n) is 1.69. The molecule has 0 aliphatic heterocycles. The van der Waals surface area contributed by atoms with Gasteiger partial charge in [-0.3, -0.25) is 9.59 Å². The molecule has 0 unspecified atom stereocenters. The maximum absolute atomic E-state index is 11.6. The largest absolute Gasteiger partial charge is 0.351 e. The molecule has 0 heterocycles. The first kappa shape index (κ1) is 15.0. The quantitative estimate of drug-likeness (QED) is 0.791. The zero-order valence-electron chi connectivity index (χ0n) is 11.5. The molecular formula is C15H20N2O2. The molecule has 0 atom stereocenters. The van der Waals surface area contributed by atoms with Crippen LogP contribution in [0.25, 0.3) is 0 Å². The maximum atomic E-state index is 11.6. The van der Waals surface area contributed by atoms with Crippen LogP contribution in [0.15, 0.2) is 36.9 Å². The van der Waals surface area contributed by atoms with Crippen LogP contribution in [-0.2, 0) is 16.1 Å². The van der Waals surface area contributed by atoms with Crippen LogP contribution in [0, 0.1) is 6.92 Å². The van der Waals surface area contributed by atoms with Crippen LogP contribution in [0.3, 0.4) is 0 Å². The van der Waals surface area contributed by atoms with Crippen molar-refractivity contribution in [1.29, 1.82) is 0 Å². The van der Waals surface area contributed by atoms with E-state index in [0.29, 0.717) is 13.1 Å². The Morgan fingerprint density at radius 1 is 1.37 bits per heavy atom. The summed E-state index contributed by atoms with van der Waals surface area (Å²) < 4.78 is 0. The highest BCUT2D eigenvalue weighted by atomic mass is 16.2. The Labute approximate surface area is 114 Å². The minimum atomic E-state index is -0.177. The van der Waals surface area contributed by atoms with Gasteiger partial charge in [-0.15, -0.1) is 6.58 Å². The summed E-state index contributed by atoms with van der Waals surface area (Å²) in [6.07, 6.45) is 1.61. The second kappa shape index (κ2) is 7.36. The van der Waals surface area contributed by atoms with E-state index in [9.17, 15) is 9.59 Å². The summed E-state index contributed by atoms with van der Waals surface area (Å²) in [6.45, 7) is 7.92. The molecule has 0 fully saturated rings. The Morgan fingerprint density at radius 3 is 2.63 bits per heavy atom. The third kappa shape index (κ3) is 4.95. The molecule has 0 saturated carbocycles. The van der Waals surface area contributed by atoms with Gasteiger partial charge in [0.25, 0.3) is 0 Å². The molecular weight excluding hydrogens is 240 g/mol. The van der Waals surface area contributed by atoms with Crippen LogP contribution in [-0.4, -0.2) is 29.8 Å². The number of nitrogens with one attached hydrogen (secondary N) is 1. The lowest BCUT2D eigenvalue weighted by Gasteiger charge is -2.21. The van der Waals surface area contributed by atoms with Gasteiger partial charge in [-0.25, -0.2) is 0 Å². The third-order valence-electron chi connectivity index (χ3n) is 2.85. The van der Waals surface area contributed by atoms with Gasteiger partial charge in [0.05, 0.1) is 6.54 Å². The molecule has 1 aromatic rings. The molecule has 0 aliphatic carbocycles. The van der Waals surface area contributed by atoms with Crippen molar-refractivity contribution < 1.29 is 9.59 Å². The number of benzene rings is 1. The molecule has 1 aromatic carbocycles. The van der Waals surface area contributed by atoms with Gasteiger partial charge in [0.1, 0.15) is 0 Å². The highest BCUT2D eigenvalue weighted by molar-refractivity contribution is 5.83. The standard InChI is InChI=1S/C15H20N2O2/c1-4-9-16-15(19)11-17(13(3)18)10-14-8-6-5-7-12(14)2/h4-8H,1,9-11H2,2-3H3,(H,16,19). The molecule has 0 saturated heterocycles. The Hall–Kier alpha value is -2.10. The molecule has 19 heavy (non-hydrogen) atoms. The highest BCUT2D eigenvalue weighted by Crippen LogP contribution is 2.10. The fraction of sp³-hybridized carbons (Fsp3) is 0.333. The smallest absolute Gasteiger partial charge is 0.239 e. The van der Waals surface area contributed by atoms with Crippen molar-refractivity contribution in [2.45, 2.75) is 20.4 Å². The first-order valence-corrected chi connectivity index (χ1v) is 6.22. The van der Waals surface area contributed by atoms with Crippen LogP contribution in [0.4, 0.5) is 0 Å². The topological polar surface area (TPSA) is 49.4 Å². The maximum Gasteiger partial charge on any atom is 0.239 e. The Bertz CT molecular complexity index is 469. The van der Waals surface area contributed by atoms with Gasteiger partial charge in [0.15, 0.2) is 0 Å². The Balaban J connectivity index is 2.68. The summed E-state index contributed by atoms with van der Waals surface area (Å²) in [5.41, 5.74) is 2.16. The number of rotatable bonds is 6. The SMILES string of the molecule is C=CCNC(=O)CN(Cc1ccccc1C)C(C)=O. The van der Waals surface area contributed by atoms with Gasteiger partial charge in [-0.05, 0) is 18.1 Å². The zero-order valence-corrected chi connectivity index (χ0v) is 11.5. The monoisotopic (exact) mass is 260 g/mol. The van der Waals surface area contributed by atoms with E-state index in [2.05, 4.69) is 11.9 Å². The number of aryl methyl sites for hydroxylation is 1. The molecule has 2 amide bonds. The first-order valence-electron chi connectivity index (χ1n) is 6.22. The summed E-state index contributed by atoms with van der Waals surface area (Å²) in [5, 5.41) is 2.67. The van der Waals surface area contributed by atoms with Crippen molar-refractivity contribution in [3.8, 4) is 0 Å². The summed E-state index contributed by atoms with van der Waals surface area (Å²) in [5.74, 6) is -0.291. The molecule has 0 aromatic heterocycles. The van der Waals surface area contributed by atoms with Crippen molar-refractivity contribution in [3.05, 3.63) is 48.0 Å². The van der Waals surface area contributed by atoms with E-state index in [0.717, 1.165) is 11.1 Å². The molecule has 102 valence electrons. The lowest BCUT2D eigenvalue weighted by atomic mass is 10.1. The van der Waals surface area contributed by atoms with Gasteiger partial charge in [0, 0.05) is 20.0 Å². The van der Waals surface area contributed by atoms with E-state index in [-0.39, 0.29) is 18.4 Å². The highest BCUT2D eigenvalue weighted by Gasteiger charge is 2.14. The van der Waals surface area contributed by atoms with Crippen LogP contribution < -0.4 is 5.32 Å². The number of amides is 2. The molecule has 0 spiro atoms. The van der Waals surface area contributed by atoms with Crippen molar-refractivity contribution in [3.63, 3.8) is 0 Å². The van der Waals surface area contributed by atoms with E-state index in [1.54, 1.807) is 6.08 Å². The summed E-state index contributed by atoms with van der Waals surface area (Å²) in [4.78, 5) is 24.8. The fourth-order valence-corrected chi connectivity index (χ4v) is 1.69. The van der Waals surface area contributed by atoms with Gasteiger partial charge in [-0.2, -0.15) is 0 Å². The van der Waals surface area contributed by atoms with Crippen molar-refractivity contribution in [2.75, 3.05) is 13.1 Å². The average Bonchev–Trinajstić information content (AvgIpc) is 2.38. The minimum Gasteiger partial charge on any atom is -0.351 e. The second-order valence-electron chi connectivity index (χ2n) is 4.39. The van der Waals surface area contributed by atoms with E-state index in [1.165, 1.54) is 11.8 Å². The number of nitrogens with zero attached hydrogens (tertiary/aromatic N) is 1. The lowest BCUT2D eigenvalue weighted by Crippen LogP contribution is -2.39. The van der Waals surface area contributed by atoms with Crippen LogP contribution in [0.2, 0.25) is 0 Å². The average molecular weight is 260 g/mol. The molecule has 4 heteroatoms. The molecule has 1 rings (SSSR count). The van der Waals surface area contributed by atoms with Gasteiger partial charge >= 0.3 is 0 Å². The van der Waals surface area contributed by atoms with Crippen LogP contribution in [0.5, 0.6) is 0 Å². The third-order valence-corrected chi connectivity index (χ3v) is 2.85. The van der Waals surface area contributed by atoms with E-state index < -0.39 is 0 Å². The van der Waals surface area contributed by atoms with Crippen LogP contribution in [0.1, 0.15) is 18.1 Å². The van der Waals surface area contributed by atoms with Crippen molar-refractivity contribution in [2.24, 2.45) is 0 Å². The van der Waals surface area contributed by atoms with Gasteiger partial charge in [0.2, 0.25) is 11.8 Å². The summed E-state index contributed by atoms with van der Waals surface area (Å²) in [7, 11) is 0. The molecule has 4 nitrogen and oxygen atoms in total. The summed E-state index contributed by atoms with van der Waals surface area (Å²) in [6, 6.07) is 7.84. The lowest BCUT2D eigenvalue weighted by molar-refractivity contribution is -0.134. The predicted molar refractivity (Wildman–Crippen MR) is 75.5 cm³/mol. The number of hydrogen-bond donors (Lipinski definition) is 1. The molecule has 0 radical (unpaired) electrons. The van der Waals surface area contributed by atoms with Crippen LogP contribution >= 0.6 is 0 Å². The number of hydrogen-bond acceptors (Lipinski definition) is 2.